The third-order valence-corrected chi connectivity index (χ3v) is 7.05. The number of nitrogens with zero attached hydrogens (tertiary/aromatic N) is 2. The maximum atomic E-state index is 12.6. The average molecular weight is 482 g/mol. The van der Waals surface area contributed by atoms with Crippen molar-refractivity contribution in [2.45, 2.75) is 11.6 Å². The predicted octanol–water partition coefficient (Wildman–Crippen LogP) is 4.79. The van der Waals surface area contributed by atoms with Gasteiger partial charge in [-0.15, -0.1) is 11.3 Å². The van der Waals surface area contributed by atoms with E-state index in [2.05, 4.69) is 33.5 Å². The Morgan fingerprint density at radius 2 is 1.70 bits per heavy atom. The van der Waals surface area contributed by atoms with Gasteiger partial charge in [-0.05, 0) is 17.7 Å². The van der Waals surface area contributed by atoms with Gasteiger partial charge in [0.15, 0.2) is 11.5 Å². The minimum absolute atomic E-state index is 0.109. The maximum Gasteiger partial charge on any atom is 0.230 e. The molecule has 0 aliphatic carbocycles. The van der Waals surface area contributed by atoms with Crippen molar-refractivity contribution in [3.05, 3.63) is 60.4 Å². The summed E-state index contributed by atoms with van der Waals surface area (Å²) in [6, 6.07) is 15.8. The Hall–Kier alpha value is -3.30. The lowest BCUT2D eigenvalue weighted by molar-refractivity contribution is -0.118. The standard InChI is InChI=1S/C24H23N3O4S2/c1-29-18-11-20(31-3)19(30-2)9-16(18)12-25-22(28)13-32-23-17-10-21(15-7-5-4-6-8-15)33-24(17)27-14-26-23/h4-11,14H,12-13H2,1-3H3,(H,25,28). The molecule has 1 N–H and O–H groups in total. The van der Waals surface area contributed by atoms with E-state index in [0.29, 0.717) is 23.8 Å². The highest BCUT2D eigenvalue weighted by molar-refractivity contribution is 8.00. The molecular weight excluding hydrogens is 458 g/mol. The maximum absolute atomic E-state index is 12.6. The Labute approximate surface area is 200 Å². The lowest BCUT2D eigenvalue weighted by atomic mass is 10.1. The zero-order valence-corrected chi connectivity index (χ0v) is 20.1. The van der Waals surface area contributed by atoms with Crippen LogP contribution in [0, 0.1) is 0 Å². The van der Waals surface area contributed by atoms with Crippen LogP contribution in [0.4, 0.5) is 0 Å². The van der Waals surface area contributed by atoms with Crippen LogP contribution in [0.2, 0.25) is 0 Å². The summed E-state index contributed by atoms with van der Waals surface area (Å²) in [6.07, 6.45) is 1.54. The first kappa shape index (κ1) is 22.9. The van der Waals surface area contributed by atoms with Gasteiger partial charge >= 0.3 is 0 Å². The highest BCUT2D eigenvalue weighted by atomic mass is 32.2. The van der Waals surface area contributed by atoms with Gasteiger partial charge in [-0.2, -0.15) is 0 Å². The van der Waals surface area contributed by atoms with Gasteiger partial charge in [0.05, 0.1) is 27.1 Å². The number of hydrogen-bond donors (Lipinski definition) is 1. The number of rotatable bonds is 9. The molecule has 0 saturated carbocycles. The summed E-state index contributed by atoms with van der Waals surface area (Å²) in [4.78, 5) is 23.4. The molecule has 33 heavy (non-hydrogen) atoms. The second-order valence-electron chi connectivity index (χ2n) is 6.96. The van der Waals surface area contributed by atoms with Gasteiger partial charge in [-0.3, -0.25) is 4.79 Å². The SMILES string of the molecule is COc1cc(OC)c(OC)cc1CNC(=O)CSc1ncnc2sc(-c3ccccc3)cc12. The summed E-state index contributed by atoms with van der Waals surface area (Å²) in [5.41, 5.74) is 1.93. The minimum atomic E-state index is -0.109. The molecule has 0 bridgehead atoms. The molecule has 0 radical (unpaired) electrons. The van der Waals surface area contributed by atoms with E-state index >= 15 is 0 Å². The number of thiophene rings is 1. The molecule has 0 spiro atoms. The van der Waals surface area contributed by atoms with Crippen molar-refractivity contribution in [1.29, 1.82) is 0 Å². The first-order valence-electron chi connectivity index (χ1n) is 10.1. The average Bonchev–Trinajstić information content (AvgIpc) is 3.31. The Morgan fingerprint density at radius 1 is 0.970 bits per heavy atom. The molecule has 7 nitrogen and oxygen atoms in total. The molecule has 0 fully saturated rings. The van der Waals surface area contributed by atoms with E-state index in [0.717, 1.165) is 31.2 Å². The molecule has 2 heterocycles. The predicted molar refractivity (Wildman–Crippen MR) is 132 cm³/mol. The molecule has 1 amide bonds. The fraction of sp³-hybridized carbons (Fsp3) is 0.208. The monoisotopic (exact) mass is 481 g/mol. The number of carbonyl (C=O) groups is 1. The van der Waals surface area contributed by atoms with Crippen LogP contribution >= 0.6 is 23.1 Å². The van der Waals surface area contributed by atoms with Crippen molar-refractivity contribution in [3.63, 3.8) is 0 Å². The Morgan fingerprint density at radius 3 is 2.42 bits per heavy atom. The van der Waals surface area contributed by atoms with E-state index in [1.165, 1.54) is 11.8 Å². The van der Waals surface area contributed by atoms with E-state index in [9.17, 15) is 4.79 Å². The fourth-order valence-electron chi connectivity index (χ4n) is 3.30. The number of thioether (sulfide) groups is 1. The van der Waals surface area contributed by atoms with Crippen molar-refractivity contribution in [2.24, 2.45) is 0 Å². The van der Waals surface area contributed by atoms with Gasteiger partial charge in [0.1, 0.15) is 21.9 Å². The van der Waals surface area contributed by atoms with Crippen LogP contribution in [0.3, 0.4) is 0 Å². The number of hydrogen-bond acceptors (Lipinski definition) is 8. The van der Waals surface area contributed by atoms with Crippen molar-refractivity contribution >= 4 is 39.2 Å². The topological polar surface area (TPSA) is 82.6 Å². The zero-order valence-electron chi connectivity index (χ0n) is 18.5. The number of carbonyl (C=O) groups excluding carboxylic acids is 1. The summed E-state index contributed by atoms with van der Waals surface area (Å²) < 4.78 is 16.1. The molecule has 4 aromatic rings. The Kier molecular flexibility index (Phi) is 7.31. The number of ether oxygens (including phenoxy) is 3. The van der Waals surface area contributed by atoms with Crippen molar-refractivity contribution in [1.82, 2.24) is 15.3 Å². The van der Waals surface area contributed by atoms with E-state index in [4.69, 9.17) is 14.2 Å². The molecule has 0 aliphatic heterocycles. The van der Waals surface area contributed by atoms with Crippen molar-refractivity contribution in [2.75, 3.05) is 27.1 Å². The summed E-state index contributed by atoms with van der Waals surface area (Å²) in [5.74, 6) is 1.88. The lowest BCUT2D eigenvalue weighted by Gasteiger charge is -2.14. The quantitative estimate of drug-likeness (QED) is 0.272. The fourth-order valence-corrected chi connectivity index (χ4v) is 5.17. The summed E-state index contributed by atoms with van der Waals surface area (Å²) >= 11 is 3.01. The lowest BCUT2D eigenvalue weighted by Crippen LogP contribution is -2.24. The largest absolute Gasteiger partial charge is 0.496 e. The normalized spacial score (nSPS) is 10.8. The number of amides is 1. The molecule has 0 aliphatic rings. The second-order valence-corrected chi connectivity index (χ2v) is 8.95. The van der Waals surface area contributed by atoms with E-state index in [-0.39, 0.29) is 11.7 Å². The third kappa shape index (κ3) is 5.20. The van der Waals surface area contributed by atoms with Crippen LogP contribution in [0.5, 0.6) is 17.2 Å². The van der Waals surface area contributed by atoms with Crippen molar-refractivity contribution in [3.8, 4) is 27.7 Å². The summed E-state index contributed by atoms with van der Waals surface area (Å²) in [7, 11) is 4.71. The Balaban J connectivity index is 1.43. The minimum Gasteiger partial charge on any atom is -0.496 e. The highest BCUT2D eigenvalue weighted by Gasteiger charge is 2.15. The molecule has 2 aromatic carbocycles. The number of benzene rings is 2. The van der Waals surface area contributed by atoms with Gasteiger partial charge in [-0.25, -0.2) is 9.97 Å². The molecule has 2 aromatic heterocycles. The molecule has 0 unspecified atom stereocenters. The molecule has 0 saturated heterocycles. The molecule has 9 heteroatoms. The van der Waals surface area contributed by atoms with Gasteiger partial charge < -0.3 is 19.5 Å². The van der Waals surface area contributed by atoms with Crippen LogP contribution in [-0.2, 0) is 11.3 Å². The van der Waals surface area contributed by atoms with Gasteiger partial charge in [0, 0.05) is 28.4 Å². The third-order valence-electron chi connectivity index (χ3n) is 4.95. The number of methoxy groups -OCH3 is 3. The first-order valence-corrected chi connectivity index (χ1v) is 11.9. The van der Waals surface area contributed by atoms with Gasteiger partial charge in [0.2, 0.25) is 5.91 Å². The van der Waals surface area contributed by atoms with Crippen LogP contribution < -0.4 is 19.5 Å². The van der Waals surface area contributed by atoms with E-state index in [1.54, 1.807) is 51.1 Å². The van der Waals surface area contributed by atoms with E-state index in [1.807, 2.05) is 18.2 Å². The van der Waals surface area contributed by atoms with Crippen LogP contribution in [-0.4, -0.2) is 43.0 Å². The molecule has 0 atom stereocenters. The van der Waals surface area contributed by atoms with Gasteiger partial charge in [0.25, 0.3) is 0 Å². The second kappa shape index (κ2) is 10.5. The number of nitrogens with one attached hydrogen (secondary N) is 1. The number of fused-ring (bicyclic) bond motifs is 1. The molecule has 170 valence electrons. The van der Waals surface area contributed by atoms with Crippen LogP contribution in [0.15, 0.2) is 59.9 Å². The van der Waals surface area contributed by atoms with Gasteiger partial charge in [-0.1, -0.05) is 42.1 Å². The van der Waals surface area contributed by atoms with Crippen LogP contribution in [0.25, 0.3) is 20.7 Å². The van der Waals surface area contributed by atoms with Crippen LogP contribution in [0.1, 0.15) is 5.56 Å². The highest BCUT2D eigenvalue weighted by Crippen LogP contribution is 2.36. The molecule has 4 rings (SSSR count). The smallest absolute Gasteiger partial charge is 0.230 e. The number of aromatic nitrogens is 2. The Bertz CT molecular complexity index is 1260. The zero-order chi connectivity index (χ0) is 23.2. The first-order chi connectivity index (χ1) is 16.1. The van der Waals surface area contributed by atoms with Crippen molar-refractivity contribution < 1.29 is 19.0 Å². The summed E-state index contributed by atoms with van der Waals surface area (Å²) in [6.45, 7) is 0.304. The van der Waals surface area contributed by atoms with E-state index < -0.39 is 0 Å². The summed E-state index contributed by atoms with van der Waals surface area (Å²) in [5, 5.41) is 4.68. The molecular formula is C24H23N3O4S2.